The first-order valence-electron chi connectivity index (χ1n) is 7.98. The van der Waals surface area contributed by atoms with Crippen LogP contribution >= 0.6 is 0 Å². The number of ether oxygens (including phenoxy) is 1. The predicted octanol–water partition coefficient (Wildman–Crippen LogP) is 3.94. The summed E-state index contributed by atoms with van der Waals surface area (Å²) in [6.45, 7) is 0.379. The minimum atomic E-state index is -4.79. The zero-order valence-electron chi connectivity index (χ0n) is 13.4. The first-order chi connectivity index (χ1) is 11.8. The lowest BCUT2D eigenvalue weighted by atomic mass is 9.92. The molecule has 6 nitrogen and oxygen atoms in total. The molecule has 1 fully saturated rings. The van der Waals surface area contributed by atoms with Crippen molar-refractivity contribution >= 4 is 17.7 Å². The van der Waals surface area contributed by atoms with Gasteiger partial charge in [0.15, 0.2) is 0 Å². The van der Waals surface area contributed by atoms with Crippen molar-refractivity contribution in [2.24, 2.45) is 0 Å². The summed E-state index contributed by atoms with van der Waals surface area (Å²) in [7, 11) is 0. The molecule has 0 unspecified atom stereocenters. The van der Waals surface area contributed by atoms with Gasteiger partial charge in [-0.15, -0.1) is 0 Å². The van der Waals surface area contributed by atoms with E-state index in [4.69, 9.17) is 4.74 Å². The van der Waals surface area contributed by atoms with Gasteiger partial charge in [0.05, 0.1) is 17.6 Å². The molecule has 25 heavy (non-hydrogen) atoms. The van der Waals surface area contributed by atoms with Gasteiger partial charge in [0.2, 0.25) is 0 Å². The maximum absolute atomic E-state index is 13.0. The highest BCUT2D eigenvalue weighted by molar-refractivity contribution is 5.55. The predicted molar refractivity (Wildman–Crippen MR) is 84.4 cm³/mol. The van der Waals surface area contributed by atoms with Crippen LogP contribution in [0.2, 0.25) is 0 Å². The number of nitro benzene ring substituents is 1. The fourth-order valence-electron chi connectivity index (χ4n) is 2.90. The third kappa shape index (κ3) is 5.42. The van der Waals surface area contributed by atoms with Gasteiger partial charge in [-0.25, -0.2) is 0 Å². The van der Waals surface area contributed by atoms with Crippen molar-refractivity contribution in [2.45, 2.75) is 50.4 Å². The summed E-state index contributed by atoms with van der Waals surface area (Å²) in [5.41, 5.74) is -2.00. The van der Waals surface area contributed by atoms with Gasteiger partial charge >= 0.3 is 6.18 Å². The van der Waals surface area contributed by atoms with E-state index < -0.39 is 22.4 Å². The molecule has 0 amide bonds. The second-order valence-electron chi connectivity index (χ2n) is 5.93. The van der Waals surface area contributed by atoms with E-state index in [1.54, 1.807) is 0 Å². The number of hydrogen-bond donors (Lipinski definition) is 1. The van der Waals surface area contributed by atoms with Crippen LogP contribution in [-0.4, -0.2) is 30.0 Å². The van der Waals surface area contributed by atoms with Gasteiger partial charge in [-0.2, -0.15) is 13.2 Å². The maximum Gasteiger partial charge on any atom is 0.423 e. The first kappa shape index (κ1) is 19.2. The van der Waals surface area contributed by atoms with Gasteiger partial charge in [-0.1, -0.05) is 0 Å². The molecule has 138 valence electrons. The van der Waals surface area contributed by atoms with Gasteiger partial charge in [0.25, 0.3) is 5.69 Å². The van der Waals surface area contributed by atoms with E-state index in [2.05, 4.69) is 5.32 Å². The summed E-state index contributed by atoms with van der Waals surface area (Å²) in [6, 6.07) is 2.93. The number of carbonyl (C=O) groups is 1. The number of benzene rings is 1. The Morgan fingerprint density at radius 3 is 2.52 bits per heavy atom. The van der Waals surface area contributed by atoms with Crippen LogP contribution in [0, 0.1) is 10.1 Å². The van der Waals surface area contributed by atoms with Gasteiger partial charge < -0.3 is 14.8 Å². The lowest BCUT2D eigenvalue weighted by Crippen LogP contribution is -2.30. The Balaban J connectivity index is 1.97. The largest absolute Gasteiger partial charge is 0.423 e. The normalized spacial score (nSPS) is 20.9. The number of anilines is 1. The number of rotatable bonds is 7. The number of halogens is 3. The molecule has 2 rings (SSSR count). The highest BCUT2D eigenvalue weighted by Crippen LogP contribution is 2.38. The zero-order valence-corrected chi connectivity index (χ0v) is 13.4. The number of nitro groups is 1. The monoisotopic (exact) mass is 360 g/mol. The summed E-state index contributed by atoms with van der Waals surface area (Å²) in [5, 5.41) is 13.8. The topological polar surface area (TPSA) is 81.5 Å². The minimum absolute atomic E-state index is 0.0199. The smallest absolute Gasteiger partial charge is 0.382 e. The molecule has 0 bridgehead atoms. The van der Waals surface area contributed by atoms with Crippen molar-refractivity contribution in [3.63, 3.8) is 0 Å². The highest BCUT2D eigenvalue weighted by Gasteiger charge is 2.38. The van der Waals surface area contributed by atoms with Crippen LogP contribution in [0.3, 0.4) is 0 Å². The van der Waals surface area contributed by atoms with E-state index >= 15 is 0 Å². The van der Waals surface area contributed by atoms with E-state index in [0.29, 0.717) is 25.9 Å². The summed E-state index contributed by atoms with van der Waals surface area (Å²) in [5.74, 6) is 0. The van der Waals surface area contributed by atoms with Crippen molar-refractivity contribution in [3.05, 3.63) is 33.9 Å². The van der Waals surface area contributed by atoms with Crippen LogP contribution in [-0.2, 0) is 15.7 Å². The fourth-order valence-corrected chi connectivity index (χ4v) is 2.90. The summed E-state index contributed by atoms with van der Waals surface area (Å²) < 4.78 is 44.5. The van der Waals surface area contributed by atoms with Crippen molar-refractivity contribution < 1.29 is 27.6 Å². The van der Waals surface area contributed by atoms with Crippen LogP contribution in [0.25, 0.3) is 0 Å². The van der Waals surface area contributed by atoms with Crippen molar-refractivity contribution in [1.82, 2.24) is 0 Å². The molecule has 0 aromatic heterocycles. The molecule has 0 aliphatic heterocycles. The Labute approximate surface area is 142 Å². The molecule has 0 spiro atoms. The molecular weight excluding hydrogens is 341 g/mol. The molecule has 0 saturated heterocycles. The van der Waals surface area contributed by atoms with Crippen LogP contribution in [0.5, 0.6) is 0 Å². The quantitative estimate of drug-likeness (QED) is 0.345. The molecule has 1 saturated carbocycles. The first-order valence-corrected chi connectivity index (χ1v) is 7.98. The molecule has 1 aromatic rings. The minimum Gasteiger partial charge on any atom is -0.382 e. The maximum atomic E-state index is 13.0. The number of hydrogen-bond acceptors (Lipinski definition) is 5. The fraction of sp³-hybridized carbons (Fsp3) is 0.562. The SMILES string of the molecule is O=CCCOC1CCC(Nc2ccc([N+](=O)[O-])c(C(F)(F)F)c2)CC1. The number of nitrogens with one attached hydrogen (secondary N) is 1. The van der Waals surface area contributed by atoms with E-state index in [1.807, 2.05) is 0 Å². The Hall–Kier alpha value is -2.16. The Morgan fingerprint density at radius 2 is 1.96 bits per heavy atom. The second kappa shape index (κ2) is 8.28. The molecule has 1 aromatic carbocycles. The van der Waals surface area contributed by atoms with Gasteiger partial charge in [0, 0.05) is 24.2 Å². The molecule has 0 heterocycles. The lowest BCUT2D eigenvalue weighted by Gasteiger charge is -2.29. The van der Waals surface area contributed by atoms with E-state index in [9.17, 15) is 28.1 Å². The Bertz CT molecular complexity index is 614. The highest BCUT2D eigenvalue weighted by atomic mass is 19.4. The molecule has 9 heteroatoms. The molecule has 0 atom stereocenters. The summed E-state index contributed by atoms with van der Waals surface area (Å²) >= 11 is 0. The van der Waals surface area contributed by atoms with Gasteiger partial charge in [0.1, 0.15) is 11.8 Å². The Morgan fingerprint density at radius 1 is 1.28 bits per heavy atom. The molecular formula is C16H19F3N2O4. The number of carbonyl (C=O) groups excluding carboxylic acids is 1. The summed E-state index contributed by atoms with van der Waals surface area (Å²) in [4.78, 5) is 20.0. The third-order valence-electron chi connectivity index (χ3n) is 4.13. The Kier molecular flexibility index (Phi) is 6.35. The van der Waals surface area contributed by atoms with Crippen LogP contribution in [0.15, 0.2) is 18.2 Å². The average Bonchev–Trinajstić information content (AvgIpc) is 2.55. The zero-order chi connectivity index (χ0) is 18.4. The summed E-state index contributed by atoms with van der Waals surface area (Å²) in [6.07, 6.45) is -0.675. The number of aldehydes is 1. The molecule has 0 radical (unpaired) electrons. The third-order valence-corrected chi connectivity index (χ3v) is 4.13. The molecule has 1 aliphatic rings. The van der Waals surface area contributed by atoms with Crippen molar-refractivity contribution in [1.29, 1.82) is 0 Å². The number of nitrogens with zero attached hydrogens (tertiary/aromatic N) is 1. The number of alkyl halides is 3. The van der Waals surface area contributed by atoms with Crippen LogP contribution in [0.1, 0.15) is 37.7 Å². The average molecular weight is 360 g/mol. The van der Waals surface area contributed by atoms with E-state index in [1.165, 1.54) is 6.07 Å². The van der Waals surface area contributed by atoms with Gasteiger partial charge in [-0.3, -0.25) is 10.1 Å². The molecule has 1 N–H and O–H groups in total. The standard InChI is InChI=1S/C16H19F3N2O4/c17-16(18,19)14-10-12(4-7-15(14)21(23)24)20-11-2-5-13(6-3-11)25-9-1-8-22/h4,7-8,10-11,13,20H,1-3,5-6,9H2. The van der Waals surface area contributed by atoms with Crippen molar-refractivity contribution in [3.8, 4) is 0 Å². The van der Waals surface area contributed by atoms with Gasteiger partial charge in [-0.05, 0) is 37.8 Å². The van der Waals surface area contributed by atoms with E-state index in [0.717, 1.165) is 31.3 Å². The van der Waals surface area contributed by atoms with Crippen LogP contribution < -0.4 is 5.32 Å². The molecule has 1 aliphatic carbocycles. The van der Waals surface area contributed by atoms with Crippen LogP contribution in [0.4, 0.5) is 24.5 Å². The van der Waals surface area contributed by atoms with E-state index in [-0.39, 0.29) is 17.8 Å². The second-order valence-corrected chi connectivity index (χ2v) is 5.93. The van der Waals surface area contributed by atoms with Crippen molar-refractivity contribution in [2.75, 3.05) is 11.9 Å². The lowest BCUT2D eigenvalue weighted by molar-refractivity contribution is -0.388.